The Morgan fingerprint density at radius 3 is 2.54 bits per heavy atom. The monoisotopic (exact) mass is 339 g/mol. The van der Waals surface area contributed by atoms with Gasteiger partial charge in [-0.25, -0.2) is 0 Å². The van der Waals surface area contributed by atoms with Gasteiger partial charge in [0, 0.05) is 6.54 Å². The highest BCUT2D eigenvalue weighted by Gasteiger charge is 2.38. The molecule has 0 fully saturated rings. The molecule has 1 aromatic heterocycles. The van der Waals surface area contributed by atoms with Crippen LogP contribution in [0, 0.1) is 6.92 Å². The van der Waals surface area contributed by atoms with Gasteiger partial charge in [-0.1, -0.05) is 35.9 Å². The fourth-order valence-electron chi connectivity index (χ4n) is 2.50. The molecule has 2 amide bonds. The zero-order valence-electron chi connectivity index (χ0n) is 13.3. The average Bonchev–Trinajstić information content (AvgIpc) is 3.16. The van der Waals surface area contributed by atoms with E-state index in [4.69, 9.17) is 4.42 Å². The van der Waals surface area contributed by atoms with Crippen LogP contribution in [0.1, 0.15) is 16.9 Å². The maximum Gasteiger partial charge on any atom is 0.268 e. The molecule has 24 heavy (non-hydrogen) atoms. The number of carbonyl (C=O) groups excluding carboxylic acids is 2. The third-order valence-electron chi connectivity index (χ3n) is 3.72. The van der Waals surface area contributed by atoms with Crippen LogP contribution in [0.15, 0.2) is 64.6 Å². The lowest BCUT2D eigenvalue weighted by Gasteiger charge is -2.11. The maximum atomic E-state index is 12.7. The molecule has 0 saturated heterocycles. The highest BCUT2D eigenvalue weighted by atomic mass is 32.2. The standard InChI is InChI=1S/C19H17NO3S/c1-3-10-20-18(21)16(14-8-6-13(2)7-9-14)17(19(20)22)24-12-15-5-4-11-23-15/h3-9,11H,1,10,12H2,2H3. The van der Waals surface area contributed by atoms with Crippen molar-refractivity contribution in [2.75, 3.05) is 6.54 Å². The van der Waals surface area contributed by atoms with E-state index in [0.29, 0.717) is 16.2 Å². The van der Waals surface area contributed by atoms with Crippen molar-refractivity contribution >= 4 is 29.1 Å². The Morgan fingerprint density at radius 2 is 1.92 bits per heavy atom. The zero-order chi connectivity index (χ0) is 17.1. The number of hydrogen-bond acceptors (Lipinski definition) is 4. The summed E-state index contributed by atoms with van der Waals surface area (Å²) in [5.41, 5.74) is 2.31. The van der Waals surface area contributed by atoms with Gasteiger partial charge in [-0.2, -0.15) is 0 Å². The van der Waals surface area contributed by atoms with Crippen molar-refractivity contribution in [1.29, 1.82) is 0 Å². The number of benzene rings is 1. The van der Waals surface area contributed by atoms with E-state index in [1.165, 1.54) is 16.7 Å². The number of amides is 2. The van der Waals surface area contributed by atoms with Crippen LogP contribution in [-0.4, -0.2) is 23.3 Å². The third-order valence-corrected chi connectivity index (χ3v) is 4.81. The number of imide groups is 1. The van der Waals surface area contributed by atoms with Gasteiger partial charge in [0.05, 0.1) is 22.5 Å². The molecule has 3 rings (SSSR count). The molecular formula is C19H17NO3S. The van der Waals surface area contributed by atoms with Crippen molar-refractivity contribution in [1.82, 2.24) is 4.90 Å². The summed E-state index contributed by atoms with van der Waals surface area (Å²) in [5.74, 6) is 0.717. The largest absolute Gasteiger partial charge is 0.468 e. The molecule has 4 nitrogen and oxygen atoms in total. The lowest BCUT2D eigenvalue weighted by atomic mass is 10.0. The Kier molecular flexibility index (Phi) is 4.71. The van der Waals surface area contributed by atoms with Crippen molar-refractivity contribution in [3.05, 3.63) is 77.1 Å². The molecule has 0 saturated carbocycles. The first kappa shape index (κ1) is 16.3. The molecule has 0 unspecified atom stereocenters. The van der Waals surface area contributed by atoms with Gasteiger partial charge < -0.3 is 4.42 Å². The molecule has 0 spiro atoms. The molecule has 122 valence electrons. The summed E-state index contributed by atoms with van der Waals surface area (Å²) in [6, 6.07) is 11.3. The molecule has 2 aromatic rings. The number of nitrogens with zero attached hydrogens (tertiary/aromatic N) is 1. The molecular weight excluding hydrogens is 322 g/mol. The predicted molar refractivity (Wildman–Crippen MR) is 95.0 cm³/mol. The summed E-state index contributed by atoms with van der Waals surface area (Å²) in [6.45, 7) is 5.82. The summed E-state index contributed by atoms with van der Waals surface area (Å²) in [6.07, 6.45) is 3.15. The van der Waals surface area contributed by atoms with Crippen LogP contribution in [0.4, 0.5) is 0 Å². The highest BCUT2D eigenvalue weighted by Crippen LogP contribution is 2.37. The van der Waals surface area contributed by atoms with Crippen LogP contribution in [0.2, 0.25) is 0 Å². The lowest BCUT2D eigenvalue weighted by molar-refractivity contribution is -0.135. The molecule has 1 aliphatic rings. The molecule has 0 atom stereocenters. The van der Waals surface area contributed by atoms with E-state index in [9.17, 15) is 9.59 Å². The van der Waals surface area contributed by atoms with Crippen LogP contribution < -0.4 is 0 Å². The number of carbonyl (C=O) groups is 2. The van der Waals surface area contributed by atoms with Gasteiger partial charge in [0.2, 0.25) is 0 Å². The van der Waals surface area contributed by atoms with Crippen molar-refractivity contribution < 1.29 is 14.0 Å². The van der Waals surface area contributed by atoms with Crippen LogP contribution in [-0.2, 0) is 15.3 Å². The minimum absolute atomic E-state index is 0.206. The second kappa shape index (κ2) is 6.93. The molecule has 0 bridgehead atoms. The van der Waals surface area contributed by atoms with E-state index in [0.717, 1.165) is 16.9 Å². The van der Waals surface area contributed by atoms with Gasteiger partial charge in [0.1, 0.15) is 5.76 Å². The van der Waals surface area contributed by atoms with Crippen LogP contribution in [0.5, 0.6) is 0 Å². The number of furan rings is 1. The van der Waals surface area contributed by atoms with E-state index >= 15 is 0 Å². The Hall–Kier alpha value is -2.53. The Labute approximate surface area is 144 Å². The SMILES string of the molecule is C=CCN1C(=O)C(SCc2ccco2)=C(c2ccc(C)cc2)C1=O. The van der Waals surface area contributed by atoms with Gasteiger partial charge in [0.15, 0.2) is 0 Å². The van der Waals surface area contributed by atoms with Gasteiger partial charge in [-0.05, 0) is 24.6 Å². The van der Waals surface area contributed by atoms with Crippen LogP contribution in [0.3, 0.4) is 0 Å². The summed E-state index contributed by atoms with van der Waals surface area (Å²) in [5, 5.41) is 0. The van der Waals surface area contributed by atoms with E-state index in [2.05, 4.69) is 6.58 Å². The molecule has 0 N–H and O–H groups in total. The first-order valence-corrected chi connectivity index (χ1v) is 8.54. The Balaban J connectivity index is 1.97. The highest BCUT2D eigenvalue weighted by molar-refractivity contribution is 8.03. The lowest BCUT2D eigenvalue weighted by Crippen LogP contribution is -2.31. The van der Waals surface area contributed by atoms with Gasteiger partial charge in [-0.3, -0.25) is 14.5 Å². The Bertz CT molecular complexity index is 804. The summed E-state index contributed by atoms with van der Waals surface area (Å²) < 4.78 is 5.32. The third kappa shape index (κ3) is 3.08. The number of aryl methyl sites for hydroxylation is 1. The normalized spacial score (nSPS) is 14.6. The van der Waals surface area contributed by atoms with Crippen LogP contribution >= 0.6 is 11.8 Å². The summed E-state index contributed by atoms with van der Waals surface area (Å²) in [4.78, 5) is 27.1. The molecule has 2 heterocycles. The second-order valence-corrected chi connectivity index (χ2v) is 6.43. The van der Waals surface area contributed by atoms with E-state index in [1.54, 1.807) is 18.4 Å². The number of thioether (sulfide) groups is 1. The topological polar surface area (TPSA) is 50.5 Å². The predicted octanol–water partition coefficient (Wildman–Crippen LogP) is 3.79. The minimum atomic E-state index is -0.273. The number of hydrogen-bond donors (Lipinski definition) is 0. The van der Waals surface area contributed by atoms with E-state index < -0.39 is 0 Å². The van der Waals surface area contributed by atoms with Crippen LogP contribution in [0.25, 0.3) is 5.57 Å². The molecule has 0 aliphatic carbocycles. The first-order chi connectivity index (χ1) is 11.6. The van der Waals surface area contributed by atoms with Gasteiger partial charge >= 0.3 is 0 Å². The summed E-state index contributed by atoms with van der Waals surface area (Å²) in [7, 11) is 0. The maximum absolute atomic E-state index is 12.7. The van der Waals surface area contributed by atoms with Gasteiger partial charge in [-0.15, -0.1) is 18.3 Å². The summed E-state index contributed by atoms with van der Waals surface area (Å²) >= 11 is 1.33. The smallest absolute Gasteiger partial charge is 0.268 e. The quantitative estimate of drug-likeness (QED) is 0.593. The molecule has 5 heteroatoms. The van der Waals surface area contributed by atoms with E-state index in [-0.39, 0.29) is 18.4 Å². The van der Waals surface area contributed by atoms with Crippen molar-refractivity contribution in [2.24, 2.45) is 0 Å². The molecule has 1 aromatic carbocycles. The first-order valence-electron chi connectivity index (χ1n) is 7.55. The molecule has 0 radical (unpaired) electrons. The fraction of sp³-hybridized carbons (Fsp3) is 0.158. The molecule has 1 aliphatic heterocycles. The van der Waals surface area contributed by atoms with E-state index in [1.807, 2.05) is 37.3 Å². The van der Waals surface area contributed by atoms with Crippen molar-refractivity contribution in [2.45, 2.75) is 12.7 Å². The zero-order valence-corrected chi connectivity index (χ0v) is 14.1. The number of rotatable bonds is 6. The second-order valence-electron chi connectivity index (χ2n) is 5.45. The Morgan fingerprint density at radius 1 is 1.17 bits per heavy atom. The minimum Gasteiger partial charge on any atom is -0.468 e. The van der Waals surface area contributed by atoms with Gasteiger partial charge in [0.25, 0.3) is 11.8 Å². The fourth-order valence-corrected chi connectivity index (χ4v) is 3.53. The van der Waals surface area contributed by atoms with Crippen molar-refractivity contribution in [3.63, 3.8) is 0 Å². The average molecular weight is 339 g/mol. The van der Waals surface area contributed by atoms with Crippen molar-refractivity contribution in [3.8, 4) is 0 Å².